The number of hydrogen-bond donors (Lipinski definition) is 0. The molecule has 0 heterocycles. The Morgan fingerprint density at radius 3 is 1.21 bits per heavy atom. The molecule has 0 radical (unpaired) electrons. The van der Waals surface area contributed by atoms with E-state index < -0.39 is 18.3 Å². The average Bonchev–Trinajstić information content (AvgIpc) is 2.51. The van der Waals surface area contributed by atoms with Crippen LogP contribution in [0.4, 0.5) is 0 Å². The Bertz CT molecular complexity index is 184. The smallest absolute Gasteiger partial charge is 0.852 e. The van der Waals surface area contributed by atoms with Crippen molar-refractivity contribution in [1.82, 2.24) is 0 Å². The topological polar surface area (TPSA) is 69.2 Å². The van der Waals surface area contributed by atoms with Gasteiger partial charge >= 0.3 is 21.7 Å². The van der Waals surface area contributed by atoms with Crippen LogP contribution in [0.15, 0.2) is 17.7 Å². The van der Waals surface area contributed by atoms with Gasteiger partial charge in [0.05, 0.1) is 0 Å². The zero-order chi connectivity index (χ0) is 15.1. The molecule has 0 saturated heterocycles. The minimum Gasteiger partial charge on any atom is -0.852 e. The van der Waals surface area contributed by atoms with Gasteiger partial charge in [0.1, 0.15) is 0 Å². The Hall–Kier alpha value is 0.0743. The van der Waals surface area contributed by atoms with Gasteiger partial charge in [-0.25, -0.2) is 11.6 Å². The maximum absolute atomic E-state index is 9.53. The second kappa shape index (κ2) is 20.4. The van der Waals surface area contributed by atoms with Crippen LogP contribution in [0.5, 0.6) is 0 Å². The summed E-state index contributed by atoms with van der Waals surface area (Å²) in [5, 5.41) is 28.6. The summed E-state index contributed by atoms with van der Waals surface area (Å²) in [6, 6.07) is 0. The summed E-state index contributed by atoms with van der Waals surface area (Å²) < 4.78 is 0. The van der Waals surface area contributed by atoms with Crippen LogP contribution in [0.3, 0.4) is 0 Å². The van der Waals surface area contributed by atoms with E-state index in [0.29, 0.717) is 0 Å². The Kier molecular flexibility index (Phi) is 29.4. The molecule has 0 fully saturated rings. The van der Waals surface area contributed by atoms with Gasteiger partial charge in [-0.2, -0.15) is 6.08 Å². The summed E-state index contributed by atoms with van der Waals surface area (Å²) >= 11 is 0. The van der Waals surface area contributed by atoms with E-state index in [1.165, 1.54) is 5.57 Å². The van der Waals surface area contributed by atoms with Gasteiger partial charge in [-0.15, -0.1) is 24.7 Å². The van der Waals surface area contributed by atoms with Gasteiger partial charge < -0.3 is 15.3 Å². The van der Waals surface area contributed by atoms with E-state index in [4.69, 9.17) is 0 Å². The van der Waals surface area contributed by atoms with Crippen molar-refractivity contribution in [2.24, 2.45) is 0 Å². The molecule has 0 atom stereocenters. The Labute approximate surface area is 134 Å². The summed E-state index contributed by atoms with van der Waals surface area (Å²) in [4.78, 5) is 0. The molecular weight excluding hydrogens is 276 g/mol. The van der Waals surface area contributed by atoms with Crippen LogP contribution in [-0.2, 0) is 21.7 Å². The number of rotatable bonds is 0. The van der Waals surface area contributed by atoms with E-state index in [9.17, 15) is 15.3 Å². The van der Waals surface area contributed by atoms with Gasteiger partial charge in [0.15, 0.2) is 0 Å². The predicted molar refractivity (Wildman–Crippen MR) is 71.6 cm³/mol. The predicted octanol–water partition coefficient (Wildman–Crippen LogP) is 0.959. The van der Waals surface area contributed by atoms with Crippen LogP contribution in [0.1, 0.15) is 54.9 Å². The molecule has 0 bridgehead atoms. The molecule has 0 unspecified atom stereocenters. The van der Waals surface area contributed by atoms with E-state index in [1.807, 2.05) is 0 Å². The van der Waals surface area contributed by atoms with Gasteiger partial charge in [-0.05, 0) is 0 Å². The number of hydrogen-bond acceptors (Lipinski definition) is 3. The second-order valence-corrected chi connectivity index (χ2v) is 4.61. The molecule has 0 aromatic rings. The van der Waals surface area contributed by atoms with Crippen molar-refractivity contribution in [3.8, 4) is 0 Å². The molecule has 110 valence electrons. The summed E-state index contributed by atoms with van der Waals surface area (Å²) in [5.74, 6) is 0. The normalized spacial score (nSPS) is 11.5. The fourth-order valence-electron chi connectivity index (χ4n) is 0.515. The van der Waals surface area contributed by atoms with Crippen molar-refractivity contribution in [3.63, 3.8) is 0 Å². The van der Waals surface area contributed by atoms with Crippen LogP contribution in [0.25, 0.3) is 0 Å². The molecule has 0 spiro atoms. The summed E-state index contributed by atoms with van der Waals surface area (Å²) in [7, 11) is 0. The van der Waals surface area contributed by atoms with Crippen molar-refractivity contribution in [3.05, 3.63) is 23.8 Å². The molecule has 19 heavy (non-hydrogen) atoms. The monoisotopic (exact) mass is 304 g/mol. The SMILES string of the molecule is CC(C)[O-].CC(C)[O-].CC(C)[O-].CC1=[C-]CC=C1.[Ti+4]. The van der Waals surface area contributed by atoms with Crippen LogP contribution in [0, 0.1) is 6.08 Å². The molecule has 0 amide bonds. The molecule has 4 heteroatoms. The van der Waals surface area contributed by atoms with Crippen LogP contribution < -0.4 is 15.3 Å². The molecule has 0 saturated carbocycles. The molecule has 0 N–H and O–H groups in total. The van der Waals surface area contributed by atoms with Crippen molar-refractivity contribution in [1.29, 1.82) is 0 Å². The maximum Gasteiger partial charge on any atom is 4.00 e. The van der Waals surface area contributed by atoms with Gasteiger partial charge in [-0.3, -0.25) is 6.08 Å². The minimum atomic E-state index is -0.417. The third-order valence-corrected chi connectivity index (χ3v) is 0.867. The largest absolute Gasteiger partial charge is 4.00 e. The first-order valence-corrected chi connectivity index (χ1v) is 6.31. The fraction of sp³-hybridized carbons (Fsp3) is 0.733. The molecule has 0 aromatic carbocycles. The molecule has 1 aliphatic rings. The van der Waals surface area contributed by atoms with Crippen molar-refractivity contribution >= 4 is 0 Å². The van der Waals surface area contributed by atoms with Gasteiger partial charge in [0.2, 0.25) is 0 Å². The minimum absolute atomic E-state index is 0. The van der Waals surface area contributed by atoms with Gasteiger partial charge in [0, 0.05) is 0 Å². The van der Waals surface area contributed by atoms with Crippen molar-refractivity contribution < 1.29 is 37.0 Å². The van der Waals surface area contributed by atoms with E-state index >= 15 is 0 Å². The van der Waals surface area contributed by atoms with Crippen molar-refractivity contribution in [2.45, 2.75) is 73.2 Å². The van der Waals surface area contributed by atoms with Gasteiger partial charge in [0.25, 0.3) is 0 Å². The maximum atomic E-state index is 9.53. The third-order valence-electron chi connectivity index (χ3n) is 0.867. The first-order valence-electron chi connectivity index (χ1n) is 6.31. The van der Waals surface area contributed by atoms with E-state index in [2.05, 4.69) is 25.2 Å². The molecule has 1 aliphatic carbocycles. The van der Waals surface area contributed by atoms with E-state index in [0.717, 1.165) is 6.42 Å². The second-order valence-electron chi connectivity index (χ2n) is 4.61. The Morgan fingerprint density at radius 2 is 1.16 bits per heavy atom. The molecule has 3 nitrogen and oxygen atoms in total. The molecule has 1 rings (SSSR count). The first-order chi connectivity index (χ1) is 8.09. The zero-order valence-corrected chi connectivity index (χ0v) is 14.9. The van der Waals surface area contributed by atoms with Crippen LogP contribution in [-0.4, -0.2) is 18.3 Å². The Morgan fingerprint density at radius 1 is 0.895 bits per heavy atom. The summed E-state index contributed by atoms with van der Waals surface area (Å²) in [6.07, 6.45) is 7.08. The Balaban J connectivity index is -0.0000000796. The fourth-order valence-corrected chi connectivity index (χ4v) is 0.515. The summed E-state index contributed by atoms with van der Waals surface area (Å²) in [5.41, 5.74) is 1.27. The standard InChI is InChI=1S/C6H7.3C3H7O.Ti/c1-6-4-2-3-5-6;3*1-3(2)4;/h2,4H,3H2,1H3;3*3H,1-2H3;/q4*-1;+4. The molecule has 0 aliphatic heterocycles. The van der Waals surface area contributed by atoms with Gasteiger partial charge in [-0.1, -0.05) is 48.5 Å². The summed E-state index contributed by atoms with van der Waals surface area (Å²) in [6.45, 7) is 11.7. The zero-order valence-electron chi connectivity index (χ0n) is 13.3. The molecule has 0 aromatic heterocycles. The third kappa shape index (κ3) is 93.3. The number of allylic oxidation sites excluding steroid dienone is 4. The van der Waals surface area contributed by atoms with Crippen LogP contribution in [0.2, 0.25) is 0 Å². The van der Waals surface area contributed by atoms with E-state index in [-0.39, 0.29) is 21.7 Å². The first kappa shape index (κ1) is 27.4. The van der Waals surface area contributed by atoms with Crippen molar-refractivity contribution in [2.75, 3.05) is 0 Å². The molecular formula is C15H28O3Ti. The van der Waals surface area contributed by atoms with Crippen LogP contribution >= 0.6 is 0 Å². The van der Waals surface area contributed by atoms with E-state index in [1.54, 1.807) is 41.5 Å². The quantitative estimate of drug-likeness (QED) is 0.494. The average molecular weight is 304 g/mol.